The number of rotatable bonds is 7. The van der Waals surface area contributed by atoms with Crippen LogP contribution >= 0.6 is 35.4 Å². The van der Waals surface area contributed by atoms with Gasteiger partial charge in [-0.05, 0) is 60.7 Å². The van der Waals surface area contributed by atoms with E-state index in [9.17, 15) is 9.18 Å². The first-order valence-corrected chi connectivity index (χ1v) is 12.7. The van der Waals surface area contributed by atoms with Gasteiger partial charge >= 0.3 is 0 Å². The Morgan fingerprint density at radius 1 is 1.08 bits per heavy atom. The number of nitrogens with zero attached hydrogens (tertiary/aromatic N) is 2. The summed E-state index contributed by atoms with van der Waals surface area (Å²) in [6, 6.07) is 20.0. The lowest BCUT2D eigenvalue weighted by Crippen LogP contribution is -2.32. The van der Waals surface area contributed by atoms with Gasteiger partial charge in [-0.25, -0.2) is 4.39 Å². The maximum atomic E-state index is 14.0. The molecule has 0 saturated carbocycles. The fourth-order valence-electron chi connectivity index (χ4n) is 4.30. The standard InChI is InChI=1S/C27H21Cl2FN4O2S/c28-17-7-5-6-16(24(17)29)21-11-12-22(36-21)26-25(20-10-3-4-14-31-20)33-27(37)34(26)15-13-23(35)32-19-9-2-1-8-18(19)30/h1-12,14,25-26H,13,15H2,(H,32,35)(H,33,37)/t25-,26+/m1/s1. The molecule has 0 aliphatic carbocycles. The molecule has 10 heteroatoms. The van der Waals surface area contributed by atoms with Crippen molar-refractivity contribution in [3.05, 3.63) is 106 Å². The normalized spacial score (nSPS) is 17.1. The van der Waals surface area contributed by atoms with Crippen molar-refractivity contribution in [2.24, 2.45) is 0 Å². The Kier molecular flexibility index (Phi) is 7.41. The number of carbonyl (C=O) groups is 1. The van der Waals surface area contributed by atoms with E-state index in [0.29, 0.717) is 32.2 Å². The number of aromatic nitrogens is 1. The van der Waals surface area contributed by atoms with E-state index in [4.69, 9.17) is 39.8 Å². The molecule has 6 nitrogen and oxygen atoms in total. The third-order valence-corrected chi connectivity index (χ3v) is 7.23. The molecule has 2 atom stereocenters. The van der Waals surface area contributed by atoms with Crippen LogP contribution in [-0.4, -0.2) is 27.4 Å². The fourth-order valence-corrected chi connectivity index (χ4v) is 5.03. The molecule has 1 aliphatic rings. The van der Waals surface area contributed by atoms with Crippen molar-refractivity contribution < 1.29 is 13.6 Å². The van der Waals surface area contributed by atoms with Gasteiger partial charge in [0.1, 0.15) is 23.4 Å². The molecule has 1 amide bonds. The molecule has 1 fully saturated rings. The van der Waals surface area contributed by atoms with Crippen molar-refractivity contribution in [3.8, 4) is 11.3 Å². The molecule has 2 N–H and O–H groups in total. The van der Waals surface area contributed by atoms with Crippen LogP contribution < -0.4 is 10.6 Å². The summed E-state index contributed by atoms with van der Waals surface area (Å²) in [6.07, 6.45) is 1.79. The zero-order valence-corrected chi connectivity index (χ0v) is 21.7. The van der Waals surface area contributed by atoms with Crippen LogP contribution in [0.3, 0.4) is 0 Å². The van der Waals surface area contributed by atoms with E-state index < -0.39 is 11.9 Å². The van der Waals surface area contributed by atoms with Gasteiger partial charge in [-0.1, -0.05) is 47.5 Å². The van der Waals surface area contributed by atoms with Crippen molar-refractivity contribution in [2.75, 3.05) is 11.9 Å². The molecular formula is C27H21Cl2FN4O2S. The van der Waals surface area contributed by atoms with Gasteiger partial charge in [0.05, 0.1) is 27.5 Å². The quantitative estimate of drug-likeness (QED) is 0.245. The second kappa shape index (κ2) is 10.9. The lowest BCUT2D eigenvalue weighted by molar-refractivity contribution is -0.116. The van der Waals surface area contributed by atoms with E-state index in [1.807, 2.05) is 41.3 Å². The molecule has 0 radical (unpaired) electrons. The predicted octanol–water partition coefficient (Wildman–Crippen LogP) is 6.79. The summed E-state index contributed by atoms with van der Waals surface area (Å²) >= 11 is 18.3. The van der Waals surface area contributed by atoms with Crippen LogP contribution in [-0.2, 0) is 4.79 Å². The minimum absolute atomic E-state index is 0.0787. The highest BCUT2D eigenvalue weighted by Gasteiger charge is 2.41. The van der Waals surface area contributed by atoms with Crippen LogP contribution in [0.15, 0.2) is 83.4 Å². The van der Waals surface area contributed by atoms with Crippen molar-refractivity contribution in [1.82, 2.24) is 15.2 Å². The van der Waals surface area contributed by atoms with E-state index in [1.54, 1.807) is 30.5 Å². The summed E-state index contributed by atoms with van der Waals surface area (Å²) in [5, 5.41) is 7.21. The SMILES string of the molecule is O=C(CCN1C(=S)N[C@H](c2ccccn2)[C@@H]1c1ccc(-c2cccc(Cl)c2Cl)o1)Nc1ccccc1F. The Morgan fingerprint density at radius 2 is 1.89 bits per heavy atom. The molecule has 0 bridgehead atoms. The minimum atomic E-state index is -0.495. The largest absolute Gasteiger partial charge is 0.459 e. The fraction of sp³-hybridized carbons (Fsp3) is 0.148. The van der Waals surface area contributed by atoms with E-state index in [2.05, 4.69) is 15.6 Å². The van der Waals surface area contributed by atoms with Crippen molar-refractivity contribution in [3.63, 3.8) is 0 Å². The number of thiocarbonyl (C=S) groups is 1. The Bertz CT molecular complexity index is 1450. The van der Waals surface area contributed by atoms with Gasteiger partial charge in [0.15, 0.2) is 5.11 Å². The molecule has 2 aromatic heterocycles. The number of anilines is 1. The monoisotopic (exact) mass is 554 g/mol. The van der Waals surface area contributed by atoms with Crippen molar-refractivity contribution in [2.45, 2.75) is 18.5 Å². The number of halogens is 3. The average molecular weight is 555 g/mol. The molecule has 188 valence electrons. The maximum Gasteiger partial charge on any atom is 0.226 e. The predicted molar refractivity (Wildman–Crippen MR) is 146 cm³/mol. The highest BCUT2D eigenvalue weighted by atomic mass is 35.5. The molecule has 2 aromatic carbocycles. The topological polar surface area (TPSA) is 70.4 Å². The highest BCUT2D eigenvalue weighted by molar-refractivity contribution is 7.80. The molecule has 5 rings (SSSR count). The van der Waals surface area contributed by atoms with Gasteiger partial charge < -0.3 is 20.0 Å². The van der Waals surface area contributed by atoms with Gasteiger partial charge in [0.2, 0.25) is 5.91 Å². The number of hydrogen-bond acceptors (Lipinski definition) is 4. The zero-order valence-electron chi connectivity index (χ0n) is 19.3. The molecule has 4 aromatic rings. The number of para-hydroxylation sites is 1. The van der Waals surface area contributed by atoms with Crippen LogP contribution in [0, 0.1) is 5.82 Å². The first-order chi connectivity index (χ1) is 17.9. The van der Waals surface area contributed by atoms with Gasteiger partial charge in [-0.3, -0.25) is 9.78 Å². The van der Waals surface area contributed by atoms with E-state index >= 15 is 0 Å². The van der Waals surface area contributed by atoms with Gasteiger partial charge in [0.25, 0.3) is 0 Å². The van der Waals surface area contributed by atoms with Gasteiger partial charge in [-0.2, -0.15) is 0 Å². The number of pyridine rings is 1. The van der Waals surface area contributed by atoms with E-state index in [0.717, 1.165) is 5.69 Å². The van der Waals surface area contributed by atoms with Crippen LogP contribution in [0.25, 0.3) is 11.3 Å². The van der Waals surface area contributed by atoms with Crippen molar-refractivity contribution in [1.29, 1.82) is 0 Å². The summed E-state index contributed by atoms with van der Waals surface area (Å²) < 4.78 is 20.3. The summed E-state index contributed by atoms with van der Waals surface area (Å²) in [6.45, 7) is 0.272. The van der Waals surface area contributed by atoms with Gasteiger partial charge in [0, 0.05) is 24.7 Å². The number of hydrogen-bond donors (Lipinski definition) is 2. The molecular weight excluding hydrogens is 534 g/mol. The molecule has 1 saturated heterocycles. The second-order valence-electron chi connectivity index (χ2n) is 8.40. The lowest BCUT2D eigenvalue weighted by atomic mass is 10.0. The number of amides is 1. The first kappa shape index (κ1) is 25.2. The van der Waals surface area contributed by atoms with E-state index in [-0.39, 0.29) is 30.6 Å². The Balaban J connectivity index is 1.42. The number of furan rings is 1. The summed E-state index contributed by atoms with van der Waals surface area (Å²) in [5.41, 5.74) is 1.57. The third kappa shape index (κ3) is 5.32. The Hall–Kier alpha value is -3.46. The van der Waals surface area contributed by atoms with Gasteiger partial charge in [-0.15, -0.1) is 0 Å². The average Bonchev–Trinajstić information content (AvgIpc) is 3.51. The summed E-state index contributed by atoms with van der Waals surface area (Å²) in [7, 11) is 0. The van der Waals surface area contributed by atoms with Crippen LogP contribution in [0.1, 0.15) is 30.0 Å². The molecule has 37 heavy (non-hydrogen) atoms. The van der Waals surface area contributed by atoms with Crippen molar-refractivity contribution >= 4 is 52.1 Å². The number of benzene rings is 2. The second-order valence-corrected chi connectivity index (χ2v) is 9.57. The molecule has 0 unspecified atom stereocenters. The third-order valence-electron chi connectivity index (χ3n) is 6.06. The first-order valence-electron chi connectivity index (χ1n) is 11.5. The summed E-state index contributed by atoms with van der Waals surface area (Å²) in [5.74, 6) is 0.338. The molecule has 1 aliphatic heterocycles. The Labute approximate surface area is 228 Å². The maximum absolute atomic E-state index is 14.0. The van der Waals surface area contributed by atoms with Crippen LogP contribution in [0.2, 0.25) is 10.0 Å². The zero-order chi connectivity index (χ0) is 25.9. The lowest BCUT2D eigenvalue weighted by Gasteiger charge is -2.25. The van der Waals surface area contributed by atoms with Crippen LogP contribution in [0.5, 0.6) is 0 Å². The molecule has 3 heterocycles. The Morgan fingerprint density at radius 3 is 2.68 bits per heavy atom. The van der Waals surface area contributed by atoms with Crippen LogP contribution in [0.4, 0.5) is 10.1 Å². The number of nitrogens with one attached hydrogen (secondary N) is 2. The van der Waals surface area contributed by atoms with E-state index in [1.165, 1.54) is 12.1 Å². The summed E-state index contributed by atoms with van der Waals surface area (Å²) in [4.78, 5) is 19.0. The highest BCUT2D eigenvalue weighted by Crippen LogP contribution is 2.42. The smallest absolute Gasteiger partial charge is 0.226 e. The molecule has 0 spiro atoms. The minimum Gasteiger partial charge on any atom is -0.459 e. The number of carbonyl (C=O) groups excluding carboxylic acids is 1.